The standard InChI is InChI=1S/C32H41N3O4S/c1-6-25(4)33-32(37)30(21-27-13-9-8-10-14-27)34(22-28-15-11-12-24(3)20-28)31(36)23-35(40(5,38)39)29-18-16-26(7-2)17-19-29/h8-20,25,30H,6-7,21-23H2,1-5H3,(H,33,37)/t25-,30-/m1/s1. The molecule has 0 saturated carbocycles. The predicted octanol–water partition coefficient (Wildman–Crippen LogP) is 4.88. The van der Waals surface area contributed by atoms with Gasteiger partial charge in [-0.15, -0.1) is 0 Å². The van der Waals surface area contributed by atoms with Crippen LogP contribution in [0.3, 0.4) is 0 Å². The summed E-state index contributed by atoms with van der Waals surface area (Å²) in [4.78, 5) is 29.3. The Morgan fingerprint density at radius 1 is 0.875 bits per heavy atom. The third-order valence-corrected chi connectivity index (χ3v) is 8.16. The van der Waals surface area contributed by atoms with Crippen molar-refractivity contribution in [2.45, 2.75) is 65.6 Å². The van der Waals surface area contributed by atoms with Crippen LogP contribution in [0.1, 0.15) is 49.4 Å². The number of hydrogen-bond donors (Lipinski definition) is 1. The predicted molar refractivity (Wildman–Crippen MR) is 162 cm³/mol. The summed E-state index contributed by atoms with van der Waals surface area (Å²) in [5, 5.41) is 3.05. The lowest BCUT2D eigenvalue weighted by Gasteiger charge is -2.34. The molecule has 3 rings (SSSR count). The van der Waals surface area contributed by atoms with Gasteiger partial charge in [-0.1, -0.05) is 86.1 Å². The van der Waals surface area contributed by atoms with E-state index in [1.54, 1.807) is 12.1 Å². The zero-order valence-electron chi connectivity index (χ0n) is 24.1. The Morgan fingerprint density at radius 3 is 2.10 bits per heavy atom. The molecule has 214 valence electrons. The molecular weight excluding hydrogens is 522 g/mol. The summed E-state index contributed by atoms with van der Waals surface area (Å²) in [6, 6.07) is 23.6. The van der Waals surface area contributed by atoms with Crippen LogP contribution in [0.15, 0.2) is 78.9 Å². The Kier molecular flexibility index (Phi) is 10.9. The summed E-state index contributed by atoms with van der Waals surface area (Å²) in [5.41, 5.74) is 4.27. The summed E-state index contributed by atoms with van der Waals surface area (Å²) in [7, 11) is -3.79. The van der Waals surface area contributed by atoms with Crippen molar-refractivity contribution in [2.75, 3.05) is 17.1 Å². The number of amides is 2. The molecule has 0 aliphatic rings. The van der Waals surface area contributed by atoms with Gasteiger partial charge in [-0.25, -0.2) is 8.42 Å². The Bertz CT molecular complexity index is 1370. The van der Waals surface area contributed by atoms with E-state index in [0.717, 1.165) is 45.7 Å². The molecule has 0 heterocycles. The van der Waals surface area contributed by atoms with E-state index >= 15 is 0 Å². The molecule has 0 spiro atoms. The third-order valence-electron chi connectivity index (χ3n) is 7.02. The lowest BCUT2D eigenvalue weighted by molar-refractivity contribution is -0.140. The van der Waals surface area contributed by atoms with E-state index in [9.17, 15) is 18.0 Å². The van der Waals surface area contributed by atoms with Crippen LogP contribution in [-0.4, -0.2) is 50.0 Å². The van der Waals surface area contributed by atoms with E-state index in [4.69, 9.17) is 0 Å². The second-order valence-electron chi connectivity index (χ2n) is 10.3. The minimum atomic E-state index is -3.79. The lowest BCUT2D eigenvalue weighted by atomic mass is 10.0. The summed E-state index contributed by atoms with van der Waals surface area (Å²) >= 11 is 0. The van der Waals surface area contributed by atoms with Crippen molar-refractivity contribution in [3.8, 4) is 0 Å². The van der Waals surface area contributed by atoms with E-state index in [0.29, 0.717) is 12.1 Å². The minimum Gasteiger partial charge on any atom is -0.352 e. The van der Waals surface area contributed by atoms with Gasteiger partial charge in [0.15, 0.2) is 0 Å². The molecule has 0 aliphatic carbocycles. The molecule has 0 aromatic heterocycles. The molecule has 3 aromatic carbocycles. The van der Waals surface area contributed by atoms with Crippen LogP contribution >= 0.6 is 0 Å². The molecule has 1 N–H and O–H groups in total. The molecule has 0 radical (unpaired) electrons. The molecular formula is C32H41N3O4S. The highest BCUT2D eigenvalue weighted by Crippen LogP contribution is 2.21. The molecule has 0 saturated heterocycles. The molecule has 2 atom stereocenters. The average Bonchev–Trinajstić information content (AvgIpc) is 2.93. The number of carbonyl (C=O) groups excluding carboxylic acids is 2. The lowest BCUT2D eigenvalue weighted by Crippen LogP contribution is -2.54. The quantitative estimate of drug-likeness (QED) is 0.321. The molecule has 0 aliphatic heterocycles. The second-order valence-corrected chi connectivity index (χ2v) is 12.2. The van der Waals surface area contributed by atoms with Crippen LogP contribution in [-0.2, 0) is 39.0 Å². The van der Waals surface area contributed by atoms with Gasteiger partial charge in [0.25, 0.3) is 0 Å². The van der Waals surface area contributed by atoms with E-state index in [1.807, 2.05) is 94.4 Å². The van der Waals surface area contributed by atoms with Gasteiger partial charge in [0.1, 0.15) is 12.6 Å². The van der Waals surface area contributed by atoms with Crippen molar-refractivity contribution >= 4 is 27.5 Å². The molecule has 40 heavy (non-hydrogen) atoms. The molecule has 7 nitrogen and oxygen atoms in total. The number of aryl methyl sites for hydroxylation is 2. The number of anilines is 1. The van der Waals surface area contributed by atoms with E-state index in [1.165, 1.54) is 4.90 Å². The second kappa shape index (κ2) is 14.1. The van der Waals surface area contributed by atoms with Crippen LogP contribution in [0.2, 0.25) is 0 Å². The molecule has 0 unspecified atom stereocenters. The number of carbonyl (C=O) groups is 2. The molecule has 8 heteroatoms. The fourth-order valence-corrected chi connectivity index (χ4v) is 5.36. The van der Waals surface area contributed by atoms with Gasteiger partial charge in [-0.3, -0.25) is 13.9 Å². The summed E-state index contributed by atoms with van der Waals surface area (Å²) in [6.07, 6.45) is 2.95. The number of hydrogen-bond acceptors (Lipinski definition) is 4. The van der Waals surface area contributed by atoms with Crippen molar-refractivity contribution in [2.24, 2.45) is 0 Å². The number of sulfonamides is 1. The van der Waals surface area contributed by atoms with Gasteiger partial charge < -0.3 is 10.2 Å². The molecule has 2 amide bonds. The number of rotatable bonds is 13. The van der Waals surface area contributed by atoms with Crippen LogP contribution in [0, 0.1) is 6.92 Å². The minimum absolute atomic E-state index is 0.0775. The molecule has 3 aromatic rings. The van der Waals surface area contributed by atoms with E-state index in [-0.39, 0.29) is 18.5 Å². The Morgan fingerprint density at radius 2 is 1.52 bits per heavy atom. The van der Waals surface area contributed by atoms with Crippen molar-refractivity contribution in [3.63, 3.8) is 0 Å². The van der Waals surface area contributed by atoms with Gasteiger partial charge in [-0.05, 0) is 55.5 Å². The van der Waals surface area contributed by atoms with Crippen LogP contribution in [0.5, 0.6) is 0 Å². The fourth-order valence-electron chi connectivity index (χ4n) is 4.51. The maximum Gasteiger partial charge on any atom is 0.244 e. The summed E-state index contributed by atoms with van der Waals surface area (Å²) in [5.74, 6) is -0.718. The van der Waals surface area contributed by atoms with Gasteiger partial charge in [0.05, 0.1) is 11.9 Å². The van der Waals surface area contributed by atoms with Crippen molar-refractivity contribution in [1.82, 2.24) is 10.2 Å². The maximum absolute atomic E-state index is 14.1. The first kappa shape index (κ1) is 30.9. The van der Waals surface area contributed by atoms with Crippen LogP contribution in [0.4, 0.5) is 5.69 Å². The zero-order valence-corrected chi connectivity index (χ0v) is 24.9. The highest BCUT2D eigenvalue weighted by Gasteiger charge is 2.33. The smallest absolute Gasteiger partial charge is 0.244 e. The highest BCUT2D eigenvalue weighted by atomic mass is 32.2. The first-order valence-electron chi connectivity index (χ1n) is 13.8. The largest absolute Gasteiger partial charge is 0.352 e. The zero-order chi connectivity index (χ0) is 29.3. The van der Waals surface area contributed by atoms with Crippen LogP contribution in [0.25, 0.3) is 0 Å². The van der Waals surface area contributed by atoms with Crippen molar-refractivity contribution < 1.29 is 18.0 Å². The van der Waals surface area contributed by atoms with Crippen molar-refractivity contribution in [3.05, 3.63) is 101 Å². The monoisotopic (exact) mass is 563 g/mol. The van der Waals surface area contributed by atoms with E-state index < -0.39 is 28.5 Å². The number of nitrogens with zero attached hydrogens (tertiary/aromatic N) is 2. The maximum atomic E-state index is 14.1. The highest BCUT2D eigenvalue weighted by molar-refractivity contribution is 7.92. The summed E-state index contributed by atoms with van der Waals surface area (Å²) in [6.45, 7) is 7.65. The Hall–Kier alpha value is -3.65. The van der Waals surface area contributed by atoms with Gasteiger partial charge in [0, 0.05) is 19.0 Å². The topological polar surface area (TPSA) is 86.8 Å². The number of benzene rings is 3. The van der Waals surface area contributed by atoms with Gasteiger partial charge in [-0.2, -0.15) is 0 Å². The van der Waals surface area contributed by atoms with Gasteiger partial charge in [0.2, 0.25) is 21.8 Å². The van der Waals surface area contributed by atoms with E-state index in [2.05, 4.69) is 5.32 Å². The Balaban J connectivity index is 2.05. The first-order valence-corrected chi connectivity index (χ1v) is 15.6. The third kappa shape index (κ3) is 8.68. The molecule has 0 bridgehead atoms. The number of nitrogens with one attached hydrogen (secondary N) is 1. The van der Waals surface area contributed by atoms with Crippen molar-refractivity contribution in [1.29, 1.82) is 0 Å². The SMILES string of the molecule is CCc1ccc(N(CC(=O)N(Cc2cccc(C)c2)[C@H](Cc2ccccc2)C(=O)N[C@H](C)CC)S(C)(=O)=O)cc1. The average molecular weight is 564 g/mol. The fraction of sp³-hybridized carbons (Fsp3) is 0.375. The normalized spacial score (nSPS) is 12.8. The molecule has 0 fully saturated rings. The van der Waals surface area contributed by atoms with Crippen LogP contribution < -0.4 is 9.62 Å². The Labute approximate surface area is 239 Å². The van der Waals surface area contributed by atoms with Gasteiger partial charge >= 0.3 is 0 Å². The first-order chi connectivity index (χ1) is 19.0. The summed E-state index contributed by atoms with van der Waals surface area (Å²) < 4.78 is 26.9.